The molecule has 0 amide bonds. The van der Waals surface area contributed by atoms with Crippen molar-refractivity contribution in [2.75, 3.05) is 6.61 Å². The van der Waals surface area contributed by atoms with E-state index in [2.05, 4.69) is 0 Å². The molecule has 2 aliphatic carbocycles. The average Bonchev–Trinajstić information content (AvgIpc) is 3.03. The monoisotopic (exact) mass is 324 g/mol. The van der Waals surface area contributed by atoms with Crippen molar-refractivity contribution in [3.05, 3.63) is 0 Å². The van der Waals surface area contributed by atoms with Gasteiger partial charge < -0.3 is 9.47 Å². The third-order valence-corrected chi connectivity index (χ3v) is 5.87. The first-order chi connectivity index (χ1) is 10.9. The predicted molar refractivity (Wildman–Crippen MR) is 88.9 cm³/mol. The Morgan fingerprint density at radius 3 is 2.22 bits per heavy atom. The van der Waals surface area contributed by atoms with E-state index in [-0.39, 0.29) is 24.1 Å². The molecule has 0 saturated heterocycles. The van der Waals surface area contributed by atoms with Crippen molar-refractivity contribution in [1.82, 2.24) is 0 Å². The quantitative estimate of drug-likeness (QED) is 0.679. The molecule has 2 rings (SSSR count). The second-order valence-corrected chi connectivity index (χ2v) is 7.89. The molecule has 23 heavy (non-hydrogen) atoms. The van der Waals surface area contributed by atoms with Crippen LogP contribution in [0.15, 0.2) is 0 Å². The minimum absolute atomic E-state index is 0.253. The fourth-order valence-electron chi connectivity index (χ4n) is 3.92. The number of hydrogen-bond donors (Lipinski definition) is 0. The second kappa shape index (κ2) is 7.67. The van der Waals surface area contributed by atoms with Crippen LogP contribution in [0, 0.1) is 11.3 Å². The third kappa shape index (κ3) is 4.48. The van der Waals surface area contributed by atoms with E-state index >= 15 is 0 Å². The number of carbonyl (C=O) groups is 2. The van der Waals surface area contributed by atoms with Crippen molar-refractivity contribution in [2.45, 2.75) is 90.6 Å². The lowest BCUT2D eigenvalue weighted by molar-refractivity contribution is -0.178. The second-order valence-electron chi connectivity index (χ2n) is 7.89. The molecule has 0 unspecified atom stereocenters. The minimum atomic E-state index is -0.547. The van der Waals surface area contributed by atoms with Crippen LogP contribution in [0.25, 0.3) is 0 Å². The maximum atomic E-state index is 12.3. The maximum Gasteiger partial charge on any atom is 0.344 e. The molecule has 0 N–H and O–H groups in total. The number of rotatable bonds is 6. The van der Waals surface area contributed by atoms with E-state index in [9.17, 15) is 9.59 Å². The molecule has 0 bridgehead atoms. The van der Waals surface area contributed by atoms with Gasteiger partial charge in [-0.1, -0.05) is 26.2 Å². The fraction of sp³-hybridized carbons (Fsp3) is 0.895. The summed E-state index contributed by atoms with van der Waals surface area (Å²) in [5, 5.41) is 0. The topological polar surface area (TPSA) is 52.6 Å². The van der Waals surface area contributed by atoms with Crippen molar-refractivity contribution in [3.8, 4) is 0 Å². The lowest BCUT2D eigenvalue weighted by Gasteiger charge is -2.39. The number of esters is 2. The Hall–Kier alpha value is -1.06. The molecule has 0 aliphatic heterocycles. The van der Waals surface area contributed by atoms with Gasteiger partial charge in [-0.2, -0.15) is 0 Å². The number of ether oxygens (including phenoxy) is 2. The van der Waals surface area contributed by atoms with Gasteiger partial charge in [-0.05, 0) is 64.7 Å². The molecule has 132 valence electrons. The maximum absolute atomic E-state index is 12.3. The summed E-state index contributed by atoms with van der Waals surface area (Å²) in [7, 11) is 0. The molecule has 2 saturated carbocycles. The van der Waals surface area contributed by atoms with Gasteiger partial charge in [0.15, 0.2) is 6.61 Å². The van der Waals surface area contributed by atoms with Gasteiger partial charge >= 0.3 is 11.9 Å². The molecule has 2 aliphatic rings. The summed E-state index contributed by atoms with van der Waals surface area (Å²) in [5.74, 6) is -0.210. The lowest BCUT2D eigenvalue weighted by Crippen LogP contribution is -2.42. The van der Waals surface area contributed by atoms with Crippen molar-refractivity contribution in [2.24, 2.45) is 11.3 Å². The Balaban J connectivity index is 1.90. The summed E-state index contributed by atoms with van der Waals surface area (Å²) < 4.78 is 11.1. The Bertz CT molecular complexity index is 415. The molecule has 0 radical (unpaired) electrons. The smallest absolute Gasteiger partial charge is 0.344 e. The summed E-state index contributed by atoms with van der Waals surface area (Å²) in [4.78, 5) is 24.3. The Morgan fingerprint density at radius 2 is 1.65 bits per heavy atom. The SMILES string of the molecule is CCC(C)(C)C(=O)OCC(=O)OC1(C2CCCCC2)CCCC1. The first kappa shape index (κ1) is 18.3. The van der Waals surface area contributed by atoms with Crippen molar-refractivity contribution in [3.63, 3.8) is 0 Å². The molecule has 4 nitrogen and oxygen atoms in total. The molecule has 0 heterocycles. The molecule has 2 fully saturated rings. The Morgan fingerprint density at radius 1 is 1.04 bits per heavy atom. The van der Waals surface area contributed by atoms with Crippen molar-refractivity contribution >= 4 is 11.9 Å². The molecule has 0 aromatic heterocycles. The van der Waals surface area contributed by atoms with Crippen LogP contribution in [0.2, 0.25) is 0 Å². The van der Waals surface area contributed by atoms with Gasteiger partial charge in [-0.15, -0.1) is 0 Å². The standard InChI is InChI=1S/C19H32O4/c1-4-18(2,3)17(21)22-14-16(20)23-19(12-8-9-13-19)15-10-6-5-7-11-15/h15H,4-14H2,1-3H3. The van der Waals surface area contributed by atoms with E-state index in [1.807, 2.05) is 20.8 Å². The highest BCUT2D eigenvalue weighted by Crippen LogP contribution is 2.45. The van der Waals surface area contributed by atoms with Crippen LogP contribution >= 0.6 is 0 Å². The predicted octanol–water partition coefficient (Wildman–Crippen LogP) is 4.40. The average molecular weight is 324 g/mol. The zero-order valence-corrected chi connectivity index (χ0v) is 15.0. The molecule has 0 spiro atoms. The van der Waals surface area contributed by atoms with E-state index in [0.717, 1.165) is 38.5 Å². The first-order valence-corrected chi connectivity index (χ1v) is 9.29. The fourth-order valence-corrected chi connectivity index (χ4v) is 3.92. The Labute approximate surface area is 140 Å². The highest BCUT2D eigenvalue weighted by Gasteiger charge is 2.45. The van der Waals surface area contributed by atoms with Crippen molar-refractivity contribution < 1.29 is 19.1 Å². The van der Waals surface area contributed by atoms with Gasteiger partial charge in [0.2, 0.25) is 0 Å². The largest absolute Gasteiger partial charge is 0.456 e. The van der Waals surface area contributed by atoms with E-state index in [4.69, 9.17) is 9.47 Å². The van der Waals surface area contributed by atoms with Gasteiger partial charge in [0.1, 0.15) is 5.60 Å². The molecule has 4 heteroatoms. The summed E-state index contributed by atoms with van der Waals surface area (Å²) in [6, 6.07) is 0. The molecular formula is C19H32O4. The molecule has 0 aromatic rings. The summed E-state index contributed by atoms with van der Waals surface area (Å²) >= 11 is 0. The summed E-state index contributed by atoms with van der Waals surface area (Å²) in [5.41, 5.74) is -0.834. The van der Waals surface area contributed by atoms with Crippen LogP contribution in [-0.4, -0.2) is 24.1 Å². The summed E-state index contributed by atoms with van der Waals surface area (Å²) in [6.45, 7) is 5.36. The van der Waals surface area contributed by atoms with Gasteiger partial charge in [0.05, 0.1) is 5.41 Å². The van der Waals surface area contributed by atoms with Gasteiger partial charge in [0, 0.05) is 0 Å². The van der Waals surface area contributed by atoms with Crippen LogP contribution in [0.5, 0.6) is 0 Å². The van der Waals surface area contributed by atoms with Gasteiger partial charge in [-0.25, -0.2) is 4.79 Å². The third-order valence-electron chi connectivity index (χ3n) is 5.87. The van der Waals surface area contributed by atoms with E-state index < -0.39 is 5.41 Å². The first-order valence-electron chi connectivity index (χ1n) is 9.29. The number of hydrogen-bond acceptors (Lipinski definition) is 4. The van der Waals surface area contributed by atoms with Gasteiger partial charge in [0.25, 0.3) is 0 Å². The molecule has 0 aromatic carbocycles. The van der Waals surface area contributed by atoms with Crippen LogP contribution in [0.4, 0.5) is 0 Å². The van der Waals surface area contributed by atoms with Crippen LogP contribution < -0.4 is 0 Å². The van der Waals surface area contributed by atoms with Crippen LogP contribution in [0.1, 0.15) is 85.0 Å². The molecular weight excluding hydrogens is 292 g/mol. The minimum Gasteiger partial charge on any atom is -0.456 e. The summed E-state index contributed by atoms with van der Waals surface area (Å²) in [6.07, 6.45) is 11.0. The van der Waals surface area contributed by atoms with E-state index in [1.165, 1.54) is 19.3 Å². The zero-order valence-electron chi connectivity index (χ0n) is 15.0. The van der Waals surface area contributed by atoms with E-state index in [1.54, 1.807) is 0 Å². The number of carbonyl (C=O) groups excluding carboxylic acids is 2. The van der Waals surface area contributed by atoms with E-state index in [0.29, 0.717) is 12.3 Å². The molecule has 0 atom stereocenters. The van der Waals surface area contributed by atoms with Gasteiger partial charge in [-0.3, -0.25) is 4.79 Å². The van der Waals surface area contributed by atoms with Crippen LogP contribution in [-0.2, 0) is 19.1 Å². The highest BCUT2D eigenvalue weighted by molar-refractivity contribution is 5.80. The highest BCUT2D eigenvalue weighted by atomic mass is 16.6. The lowest BCUT2D eigenvalue weighted by atomic mass is 9.76. The van der Waals surface area contributed by atoms with Crippen molar-refractivity contribution in [1.29, 1.82) is 0 Å². The normalized spacial score (nSPS) is 21.9. The van der Waals surface area contributed by atoms with Crippen LogP contribution in [0.3, 0.4) is 0 Å². The zero-order chi connectivity index (χ0) is 16.9. The Kier molecular flexibility index (Phi) is 6.10.